The van der Waals surface area contributed by atoms with Crippen LogP contribution in [0.25, 0.3) is 22.0 Å². The van der Waals surface area contributed by atoms with Crippen LogP contribution in [0.15, 0.2) is 49.1 Å². The molecular weight excluding hydrogens is 286 g/mol. The summed E-state index contributed by atoms with van der Waals surface area (Å²) in [6.45, 7) is 2.11. The van der Waals surface area contributed by atoms with Gasteiger partial charge in [-0.2, -0.15) is 0 Å². The zero-order valence-electron chi connectivity index (χ0n) is 13.2. The molecule has 0 saturated carbocycles. The minimum Gasteiger partial charge on any atom is -0.326 e. The zero-order valence-corrected chi connectivity index (χ0v) is 13.2. The van der Waals surface area contributed by atoms with E-state index in [1.807, 2.05) is 30.5 Å². The molecule has 0 aliphatic rings. The highest BCUT2D eigenvalue weighted by molar-refractivity contribution is 5.87. The molecule has 0 fully saturated rings. The summed E-state index contributed by atoms with van der Waals surface area (Å²) >= 11 is 0. The molecule has 3 rings (SSSR count). The second-order valence-corrected chi connectivity index (χ2v) is 5.70. The molecule has 0 aromatic carbocycles. The number of rotatable bonds is 5. The van der Waals surface area contributed by atoms with Crippen molar-refractivity contribution in [3.8, 4) is 11.3 Å². The summed E-state index contributed by atoms with van der Waals surface area (Å²) in [5, 5.41) is 2.03. The fourth-order valence-electron chi connectivity index (χ4n) is 2.76. The molecule has 5 nitrogen and oxygen atoms in total. The van der Waals surface area contributed by atoms with Gasteiger partial charge in [-0.3, -0.25) is 15.0 Å². The first-order valence-corrected chi connectivity index (χ1v) is 7.87. The van der Waals surface area contributed by atoms with Crippen molar-refractivity contribution in [1.29, 1.82) is 0 Å². The Kier molecular flexibility index (Phi) is 4.60. The average Bonchev–Trinajstić information content (AvgIpc) is 2.61. The Balaban J connectivity index is 2.15. The van der Waals surface area contributed by atoms with Crippen LogP contribution in [0.5, 0.6) is 0 Å². The van der Waals surface area contributed by atoms with Crippen LogP contribution in [-0.4, -0.2) is 21.0 Å². The van der Waals surface area contributed by atoms with E-state index in [1.54, 1.807) is 18.6 Å². The Labute approximate surface area is 135 Å². The normalized spacial score (nSPS) is 13.9. The molecule has 23 heavy (non-hydrogen) atoms. The zero-order chi connectivity index (χ0) is 16.2. The molecule has 0 amide bonds. The number of hydrogen-bond acceptors (Lipinski definition) is 5. The summed E-state index contributed by atoms with van der Waals surface area (Å²) in [5.41, 5.74) is 15.4. The van der Waals surface area contributed by atoms with Crippen LogP contribution in [0.3, 0.4) is 0 Å². The van der Waals surface area contributed by atoms with Gasteiger partial charge in [0.1, 0.15) is 0 Å². The maximum Gasteiger partial charge on any atom is 0.0714 e. The molecule has 0 spiro atoms. The lowest BCUT2D eigenvalue weighted by molar-refractivity contribution is 0.501. The largest absolute Gasteiger partial charge is 0.326 e. The van der Waals surface area contributed by atoms with Gasteiger partial charge in [-0.05, 0) is 30.7 Å². The van der Waals surface area contributed by atoms with Gasteiger partial charge in [0.05, 0.1) is 17.4 Å². The summed E-state index contributed by atoms with van der Waals surface area (Å²) in [6.07, 6.45) is 8.98. The SMILES string of the molecule is CCCC(N)C(N)c1nc(-c2ccncc2)cc2cnccc12. The highest BCUT2D eigenvalue weighted by Crippen LogP contribution is 2.28. The number of aromatic nitrogens is 3. The lowest BCUT2D eigenvalue weighted by atomic mass is 9.97. The van der Waals surface area contributed by atoms with Gasteiger partial charge in [0.25, 0.3) is 0 Å². The van der Waals surface area contributed by atoms with Crippen molar-refractivity contribution in [1.82, 2.24) is 15.0 Å². The summed E-state index contributed by atoms with van der Waals surface area (Å²) < 4.78 is 0. The number of pyridine rings is 3. The first-order chi connectivity index (χ1) is 11.2. The molecular formula is C18H21N5. The summed E-state index contributed by atoms with van der Waals surface area (Å²) in [6, 6.07) is 7.43. The number of hydrogen-bond donors (Lipinski definition) is 2. The van der Waals surface area contributed by atoms with E-state index in [0.717, 1.165) is 40.6 Å². The minimum absolute atomic E-state index is 0.114. The summed E-state index contributed by atoms with van der Waals surface area (Å²) in [5.74, 6) is 0. The Morgan fingerprint density at radius 1 is 1.04 bits per heavy atom. The van der Waals surface area contributed by atoms with Gasteiger partial charge < -0.3 is 11.5 Å². The second kappa shape index (κ2) is 6.81. The highest BCUT2D eigenvalue weighted by atomic mass is 14.9. The fourth-order valence-corrected chi connectivity index (χ4v) is 2.76. The third kappa shape index (κ3) is 3.21. The predicted octanol–water partition coefficient (Wildman–Crippen LogP) is 2.82. The van der Waals surface area contributed by atoms with Gasteiger partial charge in [-0.15, -0.1) is 0 Å². The Morgan fingerprint density at radius 3 is 2.52 bits per heavy atom. The van der Waals surface area contributed by atoms with Crippen molar-refractivity contribution in [2.45, 2.75) is 31.8 Å². The van der Waals surface area contributed by atoms with Gasteiger partial charge >= 0.3 is 0 Å². The quantitative estimate of drug-likeness (QED) is 0.756. The molecule has 5 heteroatoms. The molecule has 118 valence electrons. The molecule has 2 atom stereocenters. The van der Waals surface area contributed by atoms with Gasteiger partial charge in [0, 0.05) is 47.2 Å². The number of nitrogens with two attached hydrogens (primary N) is 2. The first-order valence-electron chi connectivity index (χ1n) is 7.87. The molecule has 0 aliphatic carbocycles. The molecule has 0 radical (unpaired) electrons. The Hall–Kier alpha value is -2.37. The molecule has 0 bridgehead atoms. The molecule has 4 N–H and O–H groups in total. The van der Waals surface area contributed by atoms with E-state index in [0.29, 0.717) is 0 Å². The fraction of sp³-hybridized carbons (Fsp3) is 0.278. The molecule has 2 unspecified atom stereocenters. The van der Waals surface area contributed by atoms with E-state index in [2.05, 4.69) is 16.9 Å². The topological polar surface area (TPSA) is 90.7 Å². The van der Waals surface area contributed by atoms with Crippen LogP contribution >= 0.6 is 0 Å². The van der Waals surface area contributed by atoms with Crippen molar-refractivity contribution in [2.24, 2.45) is 11.5 Å². The van der Waals surface area contributed by atoms with E-state index in [-0.39, 0.29) is 12.1 Å². The molecule has 3 aromatic rings. The third-order valence-corrected chi connectivity index (χ3v) is 4.04. The van der Waals surface area contributed by atoms with Crippen LogP contribution in [0.2, 0.25) is 0 Å². The van der Waals surface area contributed by atoms with Crippen LogP contribution in [0.1, 0.15) is 31.5 Å². The van der Waals surface area contributed by atoms with Gasteiger partial charge in [-0.1, -0.05) is 13.3 Å². The smallest absolute Gasteiger partial charge is 0.0714 e. The van der Waals surface area contributed by atoms with Crippen molar-refractivity contribution < 1.29 is 0 Å². The van der Waals surface area contributed by atoms with E-state index in [1.165, 1.54) is 0 Å². The third-order valence-electron chi connectivity index (χ3n) is 4.04. The van der Waals surface area contributed by atoms with E-state index in [9.17, 15) is 0 Å². The van der Waals surface area contributed by atoms with Crippen LogP contribution in [-0.2, 0) is 0 Å². The molecule has 0 aliphatic heterocycles. The van der Waals surface area contributed by atoms with Gasteiger partial charge in [0.15, 0.2) is 0 Å². The van der Waals surface area contributed by atoms with Crippen molar-refractivity contribution in [3.05, 3.63) is 54.7 Å². The number of fused-ring (bicyclic) bond motifs is 1. The van der Waals surface area contributed by atoms with Crippen LogP contribution < -0.4 is 11.5 Å². The molecule has 3 aromatic heterocycles. The summed E-state index contributed by atoms with van der Waals surface area (Å²) in [4.78, 5) is 13.1. The van der Waals surface area contributed by atoms with Crippen LogP contribution in [0.4, 0.5) is 0 Å². The average molecular weight is 307 g/mol. The second-order valence-electron chi connectivity index (χ2n) is 5.70. The van der Waals surface area contributed by atoms with Gasteiger partial charge in [0.2, 0.25) is 0 Å². The summed E-state index contributed by atoms with van der Waals surface area (Å²) in [7, 11) is 0. The highest BCUT2D eigenvalue weighted by Gasteiger charge is 2.20. The number of nitrogens with zero attached hydrogens (tertiary/aromatic N) is 3. The Bertz CT molecular complexity index is 788. The van der Waals surface area contributed by atoms with E-state index in [4.69, 9.17) is 16.5 Å². The minimum atomic E-state index is -0.304. The maximum atomic E-state index is 6.42. The van der Waals surface area contributed by atoms with Crippen molar-refractivity contribution in [3.63, 3.8) is 0 Å². The maximum absolute atomic E-state index is 6.42. The van der Waals surface area contributed by atoms with Crippen molar-refractivity contribution >= 4 is 10.8 Å². The van der Waals surface area contributed by atoms with Crippen LogP contribution in [0, 0.1) is 0 Å². The molecule has 0 saturated heterocycles. The van der Waals surface area contributed by atoms with E-state index >= 15 is 0 Å². The van der Waals surface area contributed by atoms with Gasteiger partial charge in [-0.25, -0.2) is 0 Å². The monoisotopic (exact) mass is 307 g/mol. The lowest BCUT2D eigenvalue weighted by Gasteiger charge is -2.21. The van der Waals surface area contributed by atoms with Crippen molar-refractivity contribution in [2.75, 3.05) is 0 Å². The predicted molar refractivity (Wildman–Crippen MR) is 92.6 cm³/mol. The van der Waals surface area contributed by atoms with E-state index < -0.39 is 0 Å². The lowest BCUT2D eigenvalue weighted by Crippen LogP contribution is -2.34. The first kappa shape index (κ1) is 15.5. The molecule has 3 heterocycles. The standard InChI is InChI=1S/C18H21N5/c1-2-3-15(19)17(20)18-14-6-9-22-11-13(14)10-16(23-18)12-4-7-21-8-5-12/h4-11,15,17H,2-3,19-20H2,1H3. The Morgan fingerprint density at radius 2 is 1.78 bits per heavy atom.